The molecular weight excluding hydrogens is 391 g/mol. The van der Waals surface area contributed by atoms with Crippen LogP contribution in [0, 0.1) is 5.82 Å². The van der Waals surface area contributed by atoms with Crippen molar-refractivity contribution in [3.05, 3.63) is 59.9 Å². The molecule has 1 heterocycles. The Balaban J connectivity index is 1.52. The number of tetrazole rings is 1. The van der Waals surface area contributed by atoms with E-state index in [4.69, 9.17) is 0 Å². The number of nitrogens with one attached hydrogen (secondary N) is 2. The molecule has 3 aromatic rings. The molecule has 7 nitrogen and oxygen atoms in total. The fraction of sp³-hybridized carbons (Fsp3) is 0.300. The second kappa shape index (κ2) is 8.20. The lowest BCUT2D eigenvalue weighted by Gasteiger charge is -2.31. The van der Waals surface area contributed by atoms with Crippen LogP contribution in [0.3, 0.4) is 0 Å². The maximum absolute atomic E-state index is 13.3. The van der Waals surface area contributed by atoms with Gasteiger partial charge in [0.15, 0.2) is 0 Å². The van der Waals surface area contributed by atoms with Gasteiger partial charge in [-0.2, -0.15) is 4.68 Å². The fourth-order valence-electron chi connectivity index (χ4n) is 3.80. The second-order valence-electron chi connectivity index (χ2n) is 7.00. The Kier molecular flexibility index (Phi) is 5.48. The lowest BCUT2D eigenvalue weighted by Crippen LogP contribution is -2.45. The van der Waals surface area contributed by atoms with Crippen LogP contribution < -0.4 is 10.6 Å². The summed E-state index contributed by atoms with van der Waals surface area (Å²) in [7, 11) is 0. The number of thioether (sulfide) groups is 1. The summed E-state index contributed by atoms with van der Waals surface area (Å²) in [6, 6.07) is 13.4. The number of carbonyl (C=O) groups excluding carboxylic acids is 1. The van der Waals surface area contributed by atoms with Gasteiger partial charge in [0.2, 0.25) is 5.16 Å². The summed E-state index contributed by atoms with van der Waals surface area (Å²) in [5.74, 6) is -0.282. The molecule has 9 heteroatoms. The van der Waals surface area contributed by atoms with Crippen LogP contribution in [0.15, 0.2) is 53.7 Å². The van der Waals surface area contributed by atoms with Crippen molar-refractivity contribution in [2.75, 3.05) is 11.6 Å². The summed E-state index contributed by atoms with van der Waals surface area (Å²) in [6.45, 7) is 0. The molecule has 0 radical (unpaired) electrons. The Morgan fingerprint density at radius 1 is 1.17 bits per heavy atom. The predicted octanol–water partition coefficient (Wildman–Crippen LogP) is 4.11. The van der Waals surface area contributed by atoms with Crippen molar-refractivity contribution < 1.29 is 9.18 Å². The molecule has 2 N–H and O–H groups in total. The minimum atomic E-state index is -0.475. The quantitative estimate of drug-likeness (QED) is 0.616. The average Bonchev–Trinajstić information content (AvgIpc) is 3.38. The maximum atomic E-state index is 13.3. The molecule has 150 valence electrons. The van der Waals surface area contributed by atoms with Crippen molar-refractivity contribution in [1.82, 2.24) is 25.5 Å². The van der Waals surface area contributed by atoms with Crippen LogP contribution in [0.2, 0.25) is 0 Å². The van der Waals surface area contributed by atoms with Gasteiger partial charge in [0.25, 0.3) is 0 Å². The molecule has 1 aliphatic carbocycles. The highest BCUT2D eigenvalue weighted by Crippen LogP contribution is 2.38. The summed E-state index contributed by atoms with van der Waals surface area (Å²) in [5.41, 5.74) is 1.84. The van der Waals surface area contributed by atoms with E-state index in [2.05, 4.69) is 26.2 Å². The molecule has 1 fully saturated rings. The number of nitrogens with zero attached hydrogens (tertiary/aromatic N) is 4. The largest absolute Gasteiger partial charge is 0.328 e. The molecule has 1 aromatic heterocycles. The second-order valence-corrected chi connectivity index (χ2v) is 7.78. The Labute approximate surface area is 172 Å². The summed E-state index contributed by atoms with van der Waals surface area (Å²) in [5, 5.41) is 18.3. The van der Waals surface area contributed by atoms with E-state index in [0.29, 0.717) is 10.8 Å². The van der Waals surface area contributed by atoms with Crippen molar-refractivity contribution in [2.45, 2.75) is 36.4 Å². The molecule has 4 rings (SSSR count). The van der Waals surface area contributed by atoms with Gasteiger partial charge in [0, 0.05) is 5.69 Å². The zero-order valence-electron chi connectivity index (χ0n) is 15.9. The van der Waals surface area contributed by atoms with E-state index in [1.54, 1.807) is 16.8 Å². The average molecular weight is 412 g/mol. The summed E-state index contributed by atoms with van der Waals surface area (Å²) >= 11 is 1.44. The van der Waals surface area contributed by atoms with Gasteiger partial charge in [0.05, 0.1) is 11.2 Å². The number of anilines is 1. The van der Waals surface area contributed by atoms with Gasteiger partial charge >= 0.3 is 6.03 Å². The van der Waals surface area contributed by atoms with Gasteiger partial charge in [-0.1, -0.05) is 42.8 Å². The van der Waals surface area contributed by atoms with Crippen LogP contribution in [0.4, 0.5) is 14.9 Å². The predicted molar refractivity (Wildman–Crippen MR) is 110 cm³/mol. The minimum Gasteiger partial charge on any atom is -0.328 e. The Hall–Kier alpha value is -2.94. The van der Waals surface area contributed by atoms with Crippen LogP contribution in [0.25, 0.3) is 5.69 Å². The zero-order valence-corrected chi connectivity index (χ0v) is 16.7. The molecule has 0 aliphatic heterocycles. The Bertz CT molecular complexity index is 1000. The highest BCUT2D eigenvalue weighted by molar-refractivity contribution is 7.98. The van der Waals surface area contributed by atoms with Gasteiger partial charge in [0.1, 0.15) is 5.82 Å². The molecule has 0 spiro atoms. The van der Waals surface area contributed by atoms with Crippen LogP contribution in [-0.2, 0) is 5.54 Å². The molecule has 29 heavy (non-hydrogen) atoms. The number of amides is 2. The van der Waals surface area contributed by atoms with Gasteiger partial charge in [-0.3, -0.25) is 0 Å². The lowest BCUT2D eigenvalue weighted by atomic mass is 9.88. The molecule has 1 saturated carbocycles. The maximum Gasteiger partial charge on any atom is 0.319 e. The van der Waals surface area contributed by atoms with Crippen LogP contribution >= 0.6 is 11.8 Å². The van der Waals surface area contributed by atoms with Crippen LogP contribution in [0.5, 0.6) is 0 Å². The van der Waals surface area contributed by atoms with E-state index in [9.17, 15) is 9.18 Å². The first-order valence-electron chi connectivity index (χ1n) is 9.38. The van der Waals surface area contributed by atoms with Crippen LogP contribution in [-0.4, -0.2) is 32.5 Å². The highest BCUT2D eigenvalue weighted by Gasteiger charge is 2.37. The molecule has 0 bridgehead atoms. The number of aromatic nitrogens is 4. The number of urea groups is 1. The first kappa shape index (κ1) is 19.4. The molecule has 0 saturated heterocycles. The number of rotatable bonds is 5. The summed E-state index contributed by atoms with van der Waals surface area (Å²) in [4.78, 5) is 12.8. The van der Waals surface area contributed by atoms with E-state index in [-0.39, 0.29) is 11.8 Å². The third-order valence-corrected chi connectivity index (χ3v) is 5.80. The fourth-order valence-corrected chi connectivity index (χ4v) is 4.23. The monoisotopic (exact) mass is 412 g/mol. The molecule has 2 aromatic carbocycles. The Morgan fingerprint density at radius 2 is 1.93 bits per heavy atom. The van der Waals surface area contributed by atoms with Crippen molar-refractivity contribution in [3.8, 4) is 5.69 Å². The highest BCUT2D eigenvalue weighted by atomic mass is 32.2. The van der Waals surface area contributed by atoms with Crippen molar-refractivity contribution in [3.63, 3.8) is 0 Å². The van der Waals surface area contributed by atoms with Gasteiger partial charge < -0.3 is 10.6 Å². The number of hydrogen-bond donors (Lipinski definition) is 2. The first-order valence-corrected chi connectivity index (χ1v) is 10.6. The third-order valence-electron chi connectivity index (χ3n) is 5.18. The van der Waals surface area contributed by atoms with Gasteiger partial charge in [-0.25, -0.2) is 9.18 Å². The standard InChI is InChI=1S/C20H21FN6OS/c1-29-19-24-25-26-27(19)17-6-4-5-16(13-17)22-18(28)23-20(11-2-3-12-20)14-7-9-15(21)10-8-14/h4-10,13H,2-3,11-12H2,1H3,(H2,22,23,28). The van der Waals surface area contributed by atoms with E-state index in [1.165, 1.54) is 23.9 Å². The van der Waals surface area contributed by atoms with E-state index in [0.717, 1.165) is 36.9 Å². The van der Waals surface area contributed by atoms with Crippen molar-refractivity contribution in [2.24, 2.45) is 0 Å². The molecule has 2 amide bonds. The Morgan fingerprint density at radius 3 is 2.66 bits per heavy atom. The molecule has 1 aliphatic rings. The topological polar surface area (TPSA) is 84.7 Å². The number of halogens is 1. The van der Waals surface area contributed by atoms with Crippen LogP contribution in [0.1, 0.15) is 31.2 Å². The normalized spacial score (nSPS) is 15.2. The van der Waals surface area contributed by atoms with E-state index < -0.39 is 5.54 Å². The van der Waals surface area contributed by atoms with Crippen molar-refractivity contribution >= 4 is 23.5 Å². The SMILES string of the molecule is CSc1nnnn1-c1cccc(NC(=O)NC2(c3ccc(F)cc3)CCCC2)c1. The number of carbonyl (C=O) groups is 1. The van der Waals surface area contributed by atoms with Crippen molar-refractivity contribution in [1.29, 1.82) is 0 Å². The summed E-state index contributed by atoms with van der Waals surface area (Å²) < 4.78 is 15.0. The smallest absolute Gasteiger partial charge is 0.319 e. The number of hydrogen-bond acceptors (Lipinski definition) is 5. The molecule has 0 unspecified atom stereocenters. The third kappa shape index (κ3) is 4.09. The van der Waals surface area contributed by atoms with Gasteiger partial charge in [-0.15, -0.1) is 5.10 Å². The van der Waals surface area contributed by atoms with E-state index in [1.807, 2.05) is 30.5 Å². The lowest BCUT2D eigenvalue weighted by molar-refractivity contribution is 0.236. The van der Waals surface area contributed by atoms with Gasteiger partial charge in [-0.05, 0) is 65.4 Å². The molecular formula is C20H21FN6OS. The summed E-state index contributed by atoms with van der Waals surface area (Å²) in [6.07, 6.45) is 5.59. The number of benzene rings is 2. The molecule has 0 atom stereocenters. The first-order chi connectivity index (χ1) is 14.1. The zero-order chi connectivity index (χ0) is 20.3. The minimum absolute atomic E-state index is 0.282. The van der Waals surface area contributed by atoms with E-state index >= 15 is 0 Å².